The second kappa shape index (κ2) is 4.61. The van der Waals surface area contributed by atoms with E-state index >= 15 is 0 Å². The molecule has 2 aromatic rings. The number of hydrogen-bond acceptors (Lipinski definition) is 3. The third kappa shape index (κ3) is 2.82. The third-order valence-electron chi connectivity index (χ3n) is 2.37. The molecule has 96 valence electrons. The van der Waals surface area contributed by atoms with Gasteiger partial charge in [-0.15, -0.1) is 0 Å². The first-order valence-corrected chi connectivity index (χ1v) is 6.06. The van der Waals surface area contributed by atoms with Gasteiger partial charge in [0.05, 0.1) is 5.52 Å². The smallest absolute Gasteiger partial charge is 0.326 e. The Morgan fingerprint density at radius 2 is 2.17 bits per heavy atom. The number of rotatable bonds is 2. The lowest BCUT2D eigenvalue weighted by Gasteiger charge is -2.19. The van der Waals surface area contributed by atoms with Crippen molar-refractivity contribution in [2.45, 2.75) is 32.9 Å². The first kappa shape index (κ1) is 12.9. The Bertz CT molecular complexity index is 584. The van der Waals surface area contributed by atoms with Gasteiger partial charge >= 0.3 is 5.97 Å². The van der Waals surface area contributed by atoms with E-state index in [1.807, 2.05) is 39.1 Å². The third-order valence-corrected chi connectivity index (χ3v) is 2.67. The van der Waals surface area contributed by atoms with Crippen molar-refractivity contribution in [3.63, 3.8) is 0 Å². The summed E-state index contributed by atoms with van der Waals surface area (Å²) in [6.45, 7) is 5.71. The van der Waals surface area contributed by atoms with Gasteiger partial charge < -0.3 is 9.30 Å². The number of carbonyl (C=O) groups is 1. The zero-order valence-corrected chi connectivity index (χ0v) is 11.4. The van der Waals surface area contributed by atoms with Crippen LogP contribution in [-0.4, -0.2) is 21.1 Å². The summed E-state index contributed by atoms with van der Waals surface area (Å²) in [5.41, 5.74) is 0.403. The van der Waals surface area contributed by atoms with Crippen LogP contribution in [0.1, 0.15) is 20.8 Å². The van der Waals surface area contributed by atoms with Crippen LogP contribution in [0.15, 0.2) is 24.5 Å². The Morgan fingerprint density at radius 3 is 2.83 bits per heavy atom. The molecule has 0 bridgehead atoms. The highest BCUT2D eigenvalue weighted by atomic mass is 35.5. The molecule has 0 atom stereocenters. The maximum Gasteiger partial charge on any atom is 0.326 e. The van der Waals surface area contributed by atoms with E-state index in [1.54, 1.807) is 10.8 Å². The predicted molar refractivity (Wildman–Crippen MR) is 70.6 cm³/mol. The molecule has 0 saturated carbocycles. The van der Waals surface area contributed by atoms with E-state index in [-0.39, 0.29) is 12.5 Å². The van der Waals surface area contributed by atoms with Crippen LogP contribution < -0.4 is 0 Å². The van der Waals surface area contributed by atoms with Gasteiger partial charge in [-0.1, -0.05) is 11.6 Å². The van der Waals surface area contributed by atoms with Crippen LogP contribution in [0.25, 0.3) is 10.9 Å². The largest absolute Gasteiger partial charge is 0.459 e. The molecule has 0 radical (unpaired) electrons. The molecule has 2 aromatic heterocycles. The SMILES string of the molecule is CC(C)(C)OC(=O)Cn1ccc2c(Cl)nccc21. The number of carbonyl (C=O) groups excluding carboxylic acids is 1. The quantitative estimate of drug-likeness (QED) is 0.620. The van der Waals surface area contributed by atoms with E-state index < -0.39 is 5.60 Å². The molecule has 0 N–H and O–H groups in total. The van der Waals surface area contributed by atoms with E-state index in [0.717, 1.165) is 10.9 Å². The molecule has 0 aliphatic carbocycles. The monoisotopic (exact) mass is 266 g/mol. The summed E-state index contributed by atoms with van der Waals surface area (Å²) >= 11 is 5.97. The summed E-state index contributed by atoms with van der Waals surface area (Å²) in [5.74, 6) is -0.270. The van der Waals surface area contributed by atoms with Crippen LogP contribution in [0, 0.1) is 0 Å². The summed E-state index contributed by atoms with van der Waals surface area (Å²) in [6, 6.07) is 3.67. The number of hydrogen-bond donors (Lipinski definition) is 0. The lowest BCUT2D eigenvalue weighted by atomic mass is 10.2. The first-order chi connectivity index (χ1) is 8.37. The van der Waals surface area contributed by atoms with Crippen LogP contribution in [-0.2, 0) is 16.1 Å². The van der Waals surface area contributed by atoms with Gasteiger partial charge in [0.2, 0.25) is 0 Å². The molecule has 0 aliphatic rings. The molecule has 0 amide bonds. The van der Waals surface area contributed by atoms with Crippen LogP contribution in [0.5, 0.6) is 0 Å². The van der Waals surface area contributed by atoms with Crippen molar-refractivity contribution in [2.24, 2.45) is 0 Å². The fourth-order valence-electron chi connectivity index (χ4n) is 1.74. The van der Waals surface area contributed by atoms with Crippen molar-refractivity contribution in [2.75, 3.05) is 0 Å². The van der Waals surface area contributed by atoms with Gasteiger partial charge in [-0.25, -0.2) is 4.98 Å². The number of halogens is 1. The summed E-state index contributed by atoms with van der Waals surface area (Å²) < 4.78 is 7.08. The van der Waals surface area contributed by atoms with Gasteiger partial charge in [0.25, 0.3) is 0 Å². The normalized spacial score (nSPS) is 11.8. The van der Waals surface area contributed by atoms with E-state index in [9.17, 15) is 4.79 Å². The highest BCUT2D eigenvalue weighted by Gasteiger charge is 2.17. The van der Waals surface area contributed by atoms with E-state index in [1.165, 1.54) is 0 Å². The van der Waals surface area contributed by atoms with Gasteiger partial charge in [-0.3, -0.25) is 4.79 Å². The lowest BCUT2D eigenvalue weighted by molar-refractivity contribution is -0.155. The summed E-state index contributed by atoms with van der Waals surface area (Å²) in [5, 5.41) is 1.28. The Hall–Kier alpha value is -1.55. The average Bonchev–Trinajstić information content (AvgIpc) is 2.60. The van der Waals surface area contributed by atoms with Crippen LogP contribution >= 0.6 is 11.6 Å². The molecule has 0 aromatic carbocycles. The molecule has 2 heterocycles. The Balaban J connectivity index is 2.23. The minimum atomic E-state index is -0.473. The summed E-state index contributed by atoms with van der Waals surface area (Å²) in [7, 11) is 0. The second-order valence-electron chi connectivity index (χ2n) is 5.06. The van der Waals surface area contributed by atoms with Crippen molar-refractivity contribution in [3.05, 3.63) is 29.7 Å². The zero-order valence-electron chi connectivity index (χ0n) is 10.6. The van der Waals surface area contributed by atoms with Crippen LogP contribution in [0.3, 0.4) is 0 Å². The van der Waals surface area contributed by atoms with Crippen molar-refractivity contribution < 1.29 is 9.53 Å². The molecule has 0 unspecified atom stereocenters. The first-order valence-electron chi connectivity index (χ1n) is 5.68. The maximum absolute atomic E-state index is 11.8. The van der Waals surface area contributed by atoms with Gasteiger partial charge in [0, 0.05) is 17.8 Å². The van der Waals surface area contributed by atoms with Crippen molar-refractivity contribution in [1.29, 1.82) is 0 Å². The molecule has 0 spiro atoms. The van der Waals surface area contributed by atoms with Gasteiger partial charge in [-0.05, 0) is 32.9 Å². The predicted octanol–water partition coefficient (Wildman–Crippen LogP) is 3.03. The number of nitrogens with zero attached hydrogens (tertiary/aromatic N) is 2. The van der Waals surface area contributed by atoms with Crippen molar-refractivity contribution >= 4 is 28.5 Å². The Morgan fingerprint density at radius 1 is 1.44 bits per heavy atom. The fraction of sp³-hybridized carbons (Fsp3) is 0.385. The van der Waals surface area contributed by atoms with E-state index in [4.69, 9.17) is 16.3 Å². The highest BCUT2D eigenvalue weighted by Crippen LogP contribution is 2.22. The molecule has 5 heteroatoms. The molecule has 18 heavy (non-hydrogen) atoms. The lowest BCUT2D eigenvalue weighted by Crippen LogP contribution is -2.26. The molecular formula is C13H15ClN2O2. The topological polar surface area (TPSA) is 44.1 Å². The van der Waals surface area contributed by atoms with Crippen molar-refractivity contribution in [3.8, 4) is 0 Å². The average molecular weight is 267 g/mol. The number of esters is 1. The molecule has 4 nitrogen and oxygen atoms in total. The zero-order chi connectivity index (χ0) is 13.3. The molecule has 0 aliphatic heterocycles. The standard InChI is InChI=1S/C13H15ClN2O2/c1-13(2,3)18-11(17)8-16-7-5-9-10(16)4-6-15-12(9)14/h4-7H,8H2,1-3H3. The molecule has 0 fully saturated rings. The van der Waals surface area contributed by atoms with Crippen LogP contribution in [0.2, 0.25) is 5.15 Å². The van der Waals surface area contributed by atoms with Gasteiger partial charge in [0.1, 0.15) is 17.3 Å². The van der Waals surface area contributed by atoms with Crippen molar-refractivity contribution in [1.82, 2.24) is 9.55 Å². The van der Waals surface area contributed by atoms with E-state index in [2.05, 4.69) is 4.98 Å². The van der Waals surface area contributed by atoms with Gasteiger partial charge in [0.15, 0.2) is 0 Å². The fourth-order valence-corrected chi connectivity index (χ4v) is 1.95. The number of fused-ring (bicyclic) bond motifs is 1. The maximum atomic E-state index is 11.8. The number of ether oxygens (including phenoxy) is 1. The summed E-state index contributed by atoms with van der Waals surface area (Å²) in [4.78, 5) is 15.8. The Labute approximate surface area is 111 Å². The van der Waals surface area contributed by atoms with E-state index in [0.29, 0.717) is 5.15 Å². The number of aromatic nitrogens is 2. The minimum absolute atomic E-state index is 0.168. The summed E-state index contributed by atoms with van der Waals surface area (Å²) in [6.07, 6.45) is 3.43. The van der Waals surface area contributed by atoms with Gasteiger partial charge in [-0.2, -0.15) is 0 Å². The minimum Gasteiger partial charge on any atom is -0.459 e. The number of pyridine rings is 1. The van der Waals surface area contributed by atoms with Crippen LogP contribution in [0.4, 0.5) is 0 Å². The molecular weight excluding hydrogens is 252 g/mol. The molecule has 0 saturated heterocycles. The Kier molecular flexibility index (Phi) is 3.30. The second-order valence-corrected chi connectivity index (χ2v) is 5.42. The molecule has 2 rings (SSSR count). The highest BCUT2D eigenvalue weighted by molar-refractivity contribution is 6.34.